The summed E-state index contributed by atoms with van der Waals surface area (Å²) in [7, 11) is 4.42. The van der Waals surface area contributed by atoms with Crippen LogP contribution in [0, 0.1) is 0 Å². The van der Waals surface area contributed by atoms with Crippen LogP contribution >= 0.6 is 15.9 Å². The zero-order valence-electron chi connectivity index (χ0n) is 10.6. The summed E-state index contributed by atoms with van der Waals surface area (Å²) in [6.07, 6.45) is 6.40. The Balaban J connectivity index is 1.94. The molecule has 1 aromatic rings. The summed E-state index contributed by atoms with van der Waals surface area (Å²) >= 11 is 3.47. The molecule has 0 saturated carbocycles. The quantitative estimate of drug-likeness (QED) is 0.854. The highest BCUT2D eigenvalue weighted by Crippen LogP contribution is 2.17. The van der Waals surface area contributed by atoms with Crippen LogP contribution in [-0.4, -0.2) is 48.0 Å². The van der Waals surface area contributed by atoms with E-state index in [1.807, 2.05) is 12.4 Å². The first kappa shape index (κ1) is 13.0. The second kappa shape index (κ2) is 5.94. The molecule has 2 rings (SSSR count). The van der Waals surface area contributed by atoms with E-state index in [1.54, 1.807) is 0 Å². The van der Waals surface area contributed by atoms with Gasteiger partial charge in [-0.3, -0.25) is 9.88 Å². The van der Waals surface area contributed by atoms with Gasteiger partial charge in [-0.05, 0) is 61.0 Å². The molecular weight excluding hydrogens is 278 g/mol. The standard InChI is InChI=1S/C13H20BrN3/c1-16-5-3-4-13(10-16)17(2)9-11-6-12(14)8-15-7-11/h6-8,13H,3-5,9-10H2,1-2H3. The molecule has 17 heavy (non-hydrogen) atoms. The van der Waals surface area contributed by atoms with E-state index in [0.29, 0.717) is 6.04 Å². The number of halogens is 1. The van der Waals surface area contributed by atoms with E-state index in [4.69, 9.17) is 0 Å². The molecule has 1 unspecified atom stereocenters. The first-order chi connectivity index (χ1) is 8.15. The van der Waals surface area contributed by atoms with E-state index in [0.717, 1.165) is 11.0 Å². The van der Waals surface area contributed by atoms with Gasteiger partial charge in [0.05, 0.1) is 0 Å². The largest absolute Gasteiger partial charge is 0.305 e. The third-order valence-corrected chi connectivity index (χ3v) is 3.85. The zero-order valence-corrected chi connectivity index (χ0v) is 12.2. The fourth-order valence-corrected chi connectivity index (χ4v) is 2.87. The van der Waals surface area contributed by atoms with E-state index in [-0.39, 0.29) is 0 Å². The SMILES string of the molecule is CN1CCCC(N(C)Cc2cncc(Br)c2)C1. The predicted molar refractivity (Wildman–Crippen MR) is 73.9 cm³/mol. The first-order valence-corrected chi connectivity index (χ1v) is 6.92. The summed E-state index contributed by atoms with van der Waals surface area (Å²) < 4.78 is 1.06. The van der Waals surface area contributed by atoms with Crippen molar-refractivity contribution in [3.8, 4) is 0 Å². The molecule has 0 bridgehead atoms. The van der Waals surface area contributed by atoms with Crippen molar-refractivity contribution in [2.24, 2.45) is 0 Å². The van der Waals surface area contributed by atoms with Crippen molar-refractivity contribution in [3.05, 3.63) is 28.5 Å². The molecule has 1 aliphatic rings. The van der Waals surface area contributed by atoms with Gasteiger partial charge in [0.15, 0.2) is 0 Å². The van der Waals surface area contributed by atoms with Crippen LogP contribution in [0.5, 0.6) is 0 Å². The highest BCUT2D eigenvalue weighted by Gasteiger charge is 2.20. The Labute approximate surface area is 112 Å². The smallest absolute Gasteiger partial charge is 0.0410 e. The minimum absolute atomic E-state index is 0.674. The number of pyridine rings is 1. The van der Waals surface area contributed by atoms with Gasteiger partial charge in [0.25, 0.3) is 0 Å². The number of aromatic nitrogens is 1. The summed E-state index contributed by atoms with van der Waals surface area (Å²) in [6.45, 7) is 3.39. The Kier molecular flexibility index (Phi) is 4.54. The van der Waals surface area contributed by atoms with E-state index in [1.165, 1.54) is 31.5 Å². The molecule has 1 saturated heterocycles. The van der Waals surface area contributed by atoms with Gasteiger partial charge in [-0.2, -0.15) is 0 Å². The minimum atomic E-state index is 0.674. The van der Waals surface area contributed by atoms with Crippen molar-refractivity contribution in [2.75, 3.05) is 27.2 Å². The molecule has 2 heterocycles. The van der Waals surface area contributed by atoms with Gasteiger partial charge in [-0.1, -0.05) is 0 Å². The van der Waals surface area contributed by atoms with Gasteiger partial charge in [0, 0.05) is 36.0 Å². The number of likely N-dealkylation sites (N-methyl/N-ethyl adjacent to an activating group) is 2. The second-order valence-corrected chi connectivity index (χ2v) is 5.90. The lowest BCUT2D eigenvalue weighted by Crippen LogP contribution is -2.44. The molecule has 4 heteroatoms. The van der Waals surface area contributed by atoms with Gasteiger partial charge < -0.3 is 4.90 Å². The Morgan fingerprint density at radius 3 is 3.06 bits per heavy atom. The van der Waals surface area contributed by atoms with Crippen LogP contribution < -0.4 is 0 Å². The van der Waals surface area contributed by atoms with E-state index in [2.05, 4.69) is 50.9 Å². The Hall–Kier alpha value is -0.450. The highest BCUT2D eigenvalue weighted by atomic mass is 79.9. The third kappa shape index (κ3) is 3.76. The topological polar surface area (TPSA) is 19.4 Å². The number of hydrogen-bond donors (Lipinski definition) is 0. The third-order valence-electron chi connectivity index (χ3n) is 3.42. The van der Waals surface area contributed by atoms with E-state index < -0.39 is 0 Å². The van der Waals surface area contributed by atoms with Gasteiger partial charge in [0.1, 0.15) is 0 Å². The maximum Gasteiger partial charge on any atom is 0.0410 e. The lowest BCUT2D eigenvalue weighted by molar-refractivity contribution is 0.129. The maximum atomic E-state index is 4.21. The minimum Gasteiger partial charge on any atom is -0.305 e. The fraction of sp³-hybridized carbons (Fsp3) is 0.615. The van der Waals surface area contributed by atoms with Crippen LogP contribution in [-0.2, 0) is 6.54 Å². The molecule has 0 radical (unpaired) electrons. The van der Waals surface area contributed by atoms with Crippen LogP contribution in [0.4, 0.5) is 0 Å². The van der Waals surface area contributed by atoms with Gasteiger partial charge in [-0.15, -0.1) is 0 Å². The van der Waals surface area contributed by atoms with E-state index in [9.17, 15) is 0 Å². The average Bonchev–Trinajstić information content (AvgIpc) is 2.29. The second-order valence-electron chi connectivity index (χ2n) is 4.98. The number of nitrogens with zero attached hydrogens (tertiary/aromatic N) is 3. The number of rotatable bonds is 3. The first-order valence-electron chi connectivity index (χ1n) is 6.13. The Morgan fingerprint density at radius 1 is 1.53 bits per heavy atom. The molecule has 0 amide bonds. The Morgan fingerprint density at radius 2 is 2.35 bits per heavy atom. The normalized spacial score (nSPS) is 22.0. The summed E-state index contributed by atoms with van der Waals surface area (Å²) in [6, 6.07) is 2.82. The molecule has 3 nitrogen and oxygen atoms in total. The lowest BCUT2D eigenvalue weighted by Gasteiger charge is -2.35. The molecule has 94 valence electrons. The van der Waals surface area contributed by atoms with Crippen molar-refractivity contribution in [3.63, 3.8) is 0 Å². The van der Waals surface area contributed by atoms with Crippen molar-refractivity contribution in [1.29, 1.82) is 0 Å². The molecule has 1 fully saturated rings. The van der Waals surface area contributed by atoms with Crippen LogP contribution in [0.15, 0.2) is 22.9 Å². The summed E-state index contributed by atoms with van der Waals surface area (Å²) in [5, 5.41) is 0. The molecule has 1 atom stereocenters. The predicted octanol–water partition coefficient (Wildman–Crippen LogP) is 2.37. The Bertz CT molecular complexity index is 369. The van der Waals surface area contributed by atoms with Crippen LogP contribution in [0.25, 0.3) is 0 Å². The summed E-state index contributed by atoms with van der Waals surface area (Å²) in [5.41, 5.74) is 1.27. The van der Waals surface area contributed by atoms with Crippen molar-refractivity contribution in [1.82, 2.24) is 14.8 Å². The molecule has 1 aliphatic heterocycles. The van der Waals surface area contributed by atoms with Gasteiger partial charge in [0.2, 0.25) is 0 Å². The summed E-state index contributed by atoms with van der Waals surface area (Å²) in [4.78, 5) is 9.08. The molecule has 1 aromatic heterocycles. The summed E-state index contributed by atoms with van der Waals surface area (Å²) in [5.74, 6) is 0. The maximum absolute atomic E-state index is 4.21. The van der Waals surface area contributed by atoms with Gasteiger partial charge >= 0.3 is 0 Å². The lowest BCUT2D eigenvalue weighted by atomic mass is 10.0. The van der Waals surface area contributed by atoms with E-state index >= 15 is 0 Å². The average molecular weight is 298 g/mol. The van der Waals surface area contributed by atoms with Crippen LogP contribution in [0.3, 0.4) is 0 Å². The van der Waals surface area contributed by atoms with Crippen molar-refractivity contribution >= 4 is 15.9 Å². The molecule has 0 aromatic carbocycles. The molecule has 0 spiro atoms. The zero-order chi connectivity index (χ0) is 12.3. The number of hydrogen-bond acceptors (Lipinski definition) is 3. The van der Waals surface area contributed by atoms with Crippen molar-refractivity contribution in [2.45, 2.75) is 25.4 Å². The van der Waals surface area contributed by atoms with Crippen LogP contribution in [0.2, 0.25) is 0 Å². The highest BCUT2D eigenvalue weighted by molar-refractivity contribution is 9.10. The molecular formula is C13H20BrN3. The molecule has 0 aliphatic carbocycles. The van der Waals surface area contributed by atoms with Gasteiger partial charge in [-0.25, -0.2) is 0 Å². The molecule has 0 N–H and O–H groups in total. The number of piperidine rings is 1. The van der Waals surface area contributed by atoms with Crippen molar-refractivity contribution < 1.29 is 0 Å². The monoisotopic (exact) mass is 297 g/mol. The number of likely N-dealkylation sites (tertiary alicyclic amines) is 1. The fourth-order valence-electron chi connectivity index (χ4n) is 2.46. The van der Waals surface area contributed by atoms with Crippen LogP contribution in [0.1, 0.15) is 18.4 Å².